The van der Waals surface area contributed by atoms with Crippen LogP contribution in [0.15, 0.2) is 65.5 Å². The molecule has 0 fully saturated rings. The molecule has 144 valence electrons. The number of ether oxygens (including phenoxy) is 2. The molecule has 1 heterocycles. The second-order valence-electron chi connectivity index (χ2n) is 6.09. The lowest BCUT2D eigenvalue weighted by Crippen LogP contribution is -2.33. The van der Waals surface area contributed by atoms with E-state index >= 15 is 0 Å². The van der Waals surface area contributed by atoms with Crippen LogP contribution in [0.4, 0.5) is 0 Å². The van der Waals surface area contributed by atoms with Crippen molar-refractivity contribution in [2.45, 2.75) is 13.0 Å². The van der Waals surface area contributed by atoms with Crippen molar-refractivity contribution >= 4 is 22.9 Å². The van der Waals surface area contributed by atoms with E-state index < -0.39 is 12.1 Å². The molecule has 2 aromatic carbocycles. The highest BCUT2D eigenvalue weighted by Gasteiger charge is 2.15. The van der Waals surface area contributed by atoms with Crippen LogP contribution in [-0.4, -0.2) is 28.8 Å². The van der Waals surface area contributed by atoms with Gasteiger partial charge in [0.25, 0.3) is 5.56 Å². The van der Waals surface area contributed by atoms with Gasteiger partial charge in [-0.15, -0.1) is 0 Å². The summed E-state index contributed by atoms with van der Waals surface area (Å²) in [6, 6.07) is 16.4. The van der Waals surface area contributed by atoms with Crippen LogP contribution in [0.1, 0.15) is 24.4 Å². The minimum absolute atomic E-state index is 0.0741. The Labute approximate surface area is 162 Å². The van der Waals surface area contributed by atoms with Gasteiger partial charge in [-0.1, -0.05) is 42.5 Å². The van der Waals surface area contributed by atoms with Gasteiger partial charge in [-0.3, -0.25) is 4.79 Å². The SMILES string of the molecule is C[C@@H](OCCOC(=O)/C=C/c1ccccc1)c1nc2ccccc2c(=O)n1N. The van der Waals surface area contributed by atoms with Crippen LogP contribution in [0, 0.1) is 0 Å². The Bertz CT molecular complexity index is 1040. The van der Waals surface area contributed by atoms with Crippen molar-refractivity contribution in [3.8, 4) is 0 Å². The number of nitrogen functional groups attached to an aromatic ring is 1. The zero-order valence-corrected chi connectivity index (χ0v) is 15.4. The highest BCUT2D eigenvalue weighted by Crippen LogP contribution is 2.15. The number of fused-ring (bicyclic) bond motifs is 1. The summed E-state index contributed by atoms with van der Waals surface area (Å²) < 4.78 is 11.7. The van der Waals surface area contributed by atoms with Gasteiger partial charge in [0.2, 0.25) is 0 Å². The largest absolute Gasteiger partial charge is 0.460 e. The van der Waals surface area contributed by atoms with Crippen LogP contribution in [0.2, 0.25) is 0 Å². The molecular formula is C21H21N3O4. The molecule has 1 aromatic heterocycles. The van der Waals surface area contributed by atoms with Crippen LogP contribution in [0.25, 0.3) is 17.0 Å². The van der Waals surface area contributed by atoms with Crippen molar-refractivity contribution in [3.05, 3.63) is 82.4 Å². The van der Waals surface area contributed by atoms with Gasteiger partial charge in [-0.25, -0.2) is 14.5 Å². The summed E-state index contributed by atoms with van der Waals surface area (Å²) in [5, 5.41) is 0.445. The second kappa shape index (κ2) is 8.96. The summed E-state index contributed by atoms with van der Waals surface area (Å²) in [4.78, 5) is 28.5. The van der Waals surface area contributed by atoms with Gasteiger partial charge >= 0.3 is 5.97 Å². The molecule has 0 amide bonds. The lowest BCUT2D eigenvalue weighted by molar-refractivity contribution is -0.139. The molecule has 0 bridgehead atoms. The first-order valence-electron chi connectivity index (χ1n) is 8.84. The number of hydrogen-bond donors (Lipinski definition) is 1. The number of nitrogens with zero attached hydrogens (tertiary/aromatic N) is 2. The van der Waals surface area contributed by atoms with E-state index in [0.717, 1.165) is 10.2 Å². The molecule has 3 rings (SSSR count). The highest BCUT2D eigenvalue weighted by atomic mass is 16.6. The number of hydrogen-bond acceptors (Lipinski definition) is 6. The number of esters is 1. The standard InChI is InChI=1S/C21H21N3O4/c1-15(20-23-18-10-6-5-9-17(18)21(26)24(20)22)27-13-14-28-19(25)12-11-16-7-3-2-4-8-16/h2-12,15H,13-14,22H2,1H3/b12-11+/t15-/m1/s1. The highest BCUT2D eigenvalue weighted by molar-refractivity contribution is 5.87. The zero-order chi connectivity index (χ0) is 19.9. The van der Waals surface area contributed by atoms with Crippen LogP contribution in [0.3, 0.4) is 0 Å². The van der Waals surface area contributed by atoms with Crippen molar-refractivity contribution in [1.29, 1.82) is 0 Å². The Morgan fingerprint density at radius 2 is 1.86 bits per heavy atom. The number of para-hydroxylation sites is 1. The Morgan fingerprint density at radius 1 is 1.14 bits per heavy atom. The van der Waals surface area contributed by atoms with Gasteiger partial charge in [0.15, 0.2) is 5.82 Å². The Kier molecular flexibility index (Phi) is 6.18. The normalized spacial score (nSPS) is 12.3. The maximum atomic E-state index is 12.3. The zero-order valence-electron chi connectivity index (χ0n) is 15.4. The average Bonchev–Trinajstić information content (AvgIpc) is 2.73. The van der Waals surface area contributed by atoms with Crippen LogP contribution in [-0.2, 0) is 14.3 Å². The minimum atomic E-state index is -0.541. The molecular weight excluding hydrogens is 358 g/mol. The van der Waals surface area contributed by atoms with Gasteiger partial charge < -0.3 is 15.3 Å². The van der Waals surface area contributed by atoms with E-state index in [1.54, 1.807) is 37.3 Å². The molecule has 1 atom stereocenters. The van der Waals surface area contributed by atoms with Crippen LogP contribution in [0.5, 0.6) is 0 Å². The van der Waals surface area contributed by atoms with Gasteiger partial charge in [0.1, 0.15) is 12.7 Å². The predicted octanol–water partition coefficient (Wildman–Crippen LogP) is 2.44. The molecule has 0 aliphatic carbocycles. The van der Waals surface area contributed by atoms with Gasteiger partial charge in [0.05, 0.1) is 17.5 Å². The molecule has 0 spiro atoms. The van der Waals surface area contributed by atoms with Crippen molar-refractivity contribution in [3.63, 3.8) is 0 Å². The molecule has 0 saturated heterocycles. The molecule has 0 aliphatic rings. The molecule has 2 N–H and O–H groups in total. The smallest absolute Gasteiger partial charge is 0.330 e. The molecule has 0 aliphatic heterocycles. The molecule has 0 unspecified atom stereocenters. The number of benzene rings is 2. The monoisotopic (exact) mass is 379 g/mol. The summed E-state index contributed by atoms with van der Waals surface area (Å²) in [5.74, 6) is 5.71. The molecule has 7 nitrogen and oxygen atoms in total. The first-order chi connectivity index (χ1) is 13.6. The molecule has 3 aromatic rings. The first-order valence-corrected chi connectivity index (χ1v) is 8.84. The van der Waals surface area contributed by atoms with Gasteiger partial charge in [-0.05, 0) is 30.7 Å². The van der Waals surface area contributed by atoms with E-state index in [1.165, 1.54) is 6.08 Å². The number of nitrogens with two attached hydrogens (primary N) is 1. The van der Waals surface area contributed by atoms with E-state index in [0.29, 0.717) is 16.7 Å². The topological polar surface area (TPSA) is 96.4 Å². The van der Waals surface area contributed by atoms with E-state index in [1.807, 2.05) is 30.3 Å². The molecule has 0 radical (unpaired) electrons. The lowest BCUT2D eigenvalue weighted by atomic mass is 10.2. The van der Waals surface area contributed by atoms with E-state index in [2.05, 4.69) is 4.98 Å². The Morgan fingerprint density at radius 3 is 2.64 bits per heavy atom. The second-order valence-corrected chi connectivity index (χ2v) is 6.09. The van der Waals surface area contributed by atoms with Crippen molar-refractivity contribution in [1.82, 2.24) is 9.66 Å². The Balaban J connectivity index is 1.53. The molecule has 28 heavy (non-hydrogen) atoms. The third-order valence-electron chi connectivity index (χ3n) is 4.11. The summed E-state index contributed by atoms with van der Waals surface area (Å²) in [5.41, 5.74) is 1.12. The van der Waals surface area contributed by atoms with Crippen molar-refractivity contribution in [2.24, 2.45) is 0 Å². The third-order valence-corrected chi connectivity index (χ3v) is 4.11. The van der Waals surface area contributed by atoms with Gasteiger partial charge in [0, 0.05) is 6.08 Å². The van der Waals surface area contributed by atoms with E-state index in [9.17, 15) is 9.59 Å². The maximum absolute atomic E-state index is 12.3. The molecule has 0 saturated carbocycles. The molecule has 7 heteroatoms. The third kappa shape index (κ3) is 4.63. The van der Waals surface area contributed by atoms with E-state index in [-0.39, 0.29) is 18.8 Å². The minimum Gasteiger partial charge on any atom is -0.460 e. The van der Waals surface area contributed by atoms with Crippen LogP contribution >= 0.6 is 0 Å². The van der Waals surface area contributed by atoms with E-state index in [4.69, 9.17) is 15.3 Å². The summed E-state index contributed by atoms with van der Waals surface area (Å²) in [6.45, 7) is 1.95. The number of rotatable bonds is 7. The fourth-order valence-electron chi connectivity index (χ4n) is 2.67. The van der Waals surface area contributed by atoms with Crippen molar-refractivity contribution in [2.75, 3.05) is 19.1 Å². The van der Waals surface area contributed by atoms with Crippen LogP contribution < -0.4 is 11.4 Å². The lowest BCUT2D eigenvalue weighted by Gasteiger charge is -2.16. The maximum Gasteiger partial charge on any atom is 0.330 e. The Hall–Kier alpha value is -3.45. The van der Waals surface area contributed by atoms with Crippen molar-refractivity contribution < 1.29 is 14.3 Å². The number of carbonyl (C=O) groups is 1. The fraction of sp³-hybridized carbons (Fsp3) is 0.190. The summed E-state index contributed by atoms with van der Waals surface area (Å²) >= 11 is 0. The first kappa shape index (κ1) is 19.3. The summed E-state index contributed by atoms with van der Waals surface area (Å²) in [7, 11) is 0. The average molecular weight is 379 g/mol. The summed E-state index contributed by atoms with van der Waals surface area (Å²) in [6.07, 6.45) is 2.50. The number of aromatic nitrogens is 2. The fourth-order valence-corrected chi connectivity index (χ4v) is 2.67. The predicted molar refractivity (Wildman–Crippen MR) is 107 cm³/mol. The number of carbonyl (C=O) groups excluding carboxylic acids is 1. The quantitative estimate of drug-likeness (QED) is 0.293. The van der Waals surface area contributed by atoms with Gasteiger partial charge in [-0.2, -0.15) is 0 Å².